The number of likely N-dealkylation sites (tertiary alicyclic amines) is 1. The van der Waals surface area contributed by atoms with Gasteiger partial charge in [0.05, 0.1) is 0 Å². The van der Waals surface area contributed by atoms with E-state index in [-0.39, 0.29) is 0 Å². The molecule has 2 rings (SSSR count). The summed E-state index contributed by atoms with van der Waals surface area (Å²) in [5, 5.41) is 8.07. The highest BCUT2D eigenvalue weighted by Crippen LogP contribution is 2.20. The quantitative estimate of drug-likeness (QED) is 0.866. The Morgan fingerprint density at radius 1 is 1.47 bits per heavy atom. The molecule has 2 nitrogen and oxygen atoms in total. The lowest BCUT2D eigenvalue weighted by molar-refractivity contribution is 0.263. The first-order valence-corrected chi connectivity index (χ1v) is 7.60. The third-order valence-electron chi connectivity index (χ3n) is 3.80. The minimum absolute atomic E-state index is 0.495. The van der Waals surface area contributed by atoms with Crippen molar-refractivity contribution in [1.82, 2.24) is 10.2 Å². The van der Waals surface area contributed by atoms with Crippen molar-refractivity contribution in [3.05, 3.63) is 22.4 Å². The van der Waals surface area contributed by atoms with E-state index in [9.17, 15) is 0 Å². The van der Waals surface area contributed by atoms with Gasteiger partial charge in [0.2, 0.25) is 0 Å². The Hall–Kier alpha value is -0.380. The first kappa shape index (κ1) is 13.1. The fraction of sp³-hybridized carbons (Fsp3) is 0.714. The van der Waals surface area contributed by atoms with Crippen LogP contribution in [0.15, 0.2) is 16.8 Å². The molecule has 1 aromatic rings. The van der Waals surface area contributed by atoms with Gasteiger partial charge >= 0.3 is 0 Å². The number of hydrogen-bond acceptors (Lipinski definition) is 3. The molecule has 1 aliphatic rings. The van der Waals surface area contributed by atoms with Crippen LogP contribution >= 0.6 is 11.3 Å². The molecular formula is C14H24N2S. The van der Waals surface area contributed by atoms with Crippen LogP contribution in [0.1, 0.15) is 38.8 Å². The normalized spacial score (nSPS) is 23.4. The fourth-order valence-electron chi connectivity index (χ4n) is 2.48. The molecule has 0 bridgehead atoms. The molecule has 1 N–H and O–H groups in total. The maximum atomic E-state index is 3.67. The van der Waals surface area contributed by atoms with E-state index in [1.165, 1.54) is 25.1 Å². The molecule has 0 spiro atoms. The lowest BCUT2D eigenvalue weighted by Gasteiger charge is -2.21. The van der Waals surface area contributed by atoms with Gasteiger partial charge in [0.25, 0.3) is 0 Å². The Morgan fingerprint density at radius 2 is 2.29 bits per heavy atom. The van der Waals surface area contributed by atoms with Gasteiger partial charge in [-0.25, -0.2) is 0 Å². The van der Waals surface area contributed by atoms with Gasteiger partial charge in [-0.3, -0.25) is 0 Å². The van der Waals surface area contributed by atoms with Gasteiger partial charge < -0.3 is 10.2 Å². The molecule has 1 aromatic heterocycles. The zero-order valence-corrected chi connectivity index (χ0v) is 12.0. The number of hydrogen-bond donors (Lipinski definition) is 1. The number of thiophene rings is 1. The summed E-state index contributed by atoms with van der Waals surface area (Å²) in [6.45, 7) is 10.5. The maximum absolute atomic E-state index is 3.67. The summed E-state index contributed by atoms with van der Waals surface area (Å²) in [6.07, 6.45) is 1.35. The van der Waals surface area contributed by atoms with Crippen LogP contribution in [0.5, 0.6) is 0 Å². The van der Waals surface area contributed by atoms with E-state index in [0.29, 0.717) is 12.1 Å². The van der Waals surface area contributed by atoms with E-state index in [1.54, 1.807) is 11.3 Å². The maximum Gasteiger partial charge on any atom is 0.0300 e. The molecular weight excluding hydrogens is 228 g/mol. The molecule has 0 aliphatic carbocycles. The fourth-order valence-corrected chi connectivity index (χ4v) is 3.24. The number of nitrogens with zero attached hydrogens (tertiary/aromatic N) is 1. The standard InChI is InChI=1S/C14H24N2S/c1-11(2)16-6-4-13(9-16)8-15-12(3)14-5-7-17-10-14/h5,7,10-13,15H,4,6,8-9H2,1-3H3. The largest absolute Gasteiger partial charge is 0.310 e. The molecule has 1 aliphatic heterocycles. The van der Waals surface area contributed by atoms with Crippen molar-refractivity contribution in [2.45, 2.75) is 39.3 Å². The molecule has 2 heterocycles. The van der Waals surface area contributed by atoms with Crippen molar-refractivity contribution in [2.24, 2.45) is 5.92 Å². The van der Waals surface area contributed by atoms with E-state index in [1.807, 2.05) is 0 Å². The highest BCUT2D eigenvalue weighted by Gasteiger charge is 2.24. The highest BCUT2D eigenvalue weighted by molar-refractivity contribution is 7.07. The molecule has 0 aromatic carbocycles. The van der Waals surface area contributed by atoms with Crippen LogP contribution in [0.2, 0.25) is 0 Å². The third kappa shape index (κ3) is 3.54. The van der Waals surface area contributed by atoms with Gasteiger partial charge in [0.1, 0.15) is 0 Å². The van der Waals surface area contributed by atoms with Gasteiger partial charge in [-0.2, -0.15) is 11.3 Å². The molecule has 1 saturated heterocycles. The van der Waals surface area contributed by atoms with Crippen molar-refractivity contribution < 1.29 is 0 Å². The van der Waals surface area contributed by atoms with Crippen molar-refractivity contribution in [2.75, 3.05) is 19.6 Å². The first-order valence-electron chi connectivity index (χ1n) is 6.66. The molecule has 2 atom stereocenters. The second-order valence-corrected chi connectivity index (χ2v) is 6.21. The van der Waals surface area contributed by atoms with E-state index in [2.05, 4.69) is 47.8 Å². The van der Waals surface area contributed by atoms with Crippen LogP contribution in [0.3, 0.4) is 0 Å². The number of rotatable bonds is 5. The summed E-state index contributed by atoms with van der Waals surface area (Å²) in [5.74, 6) is 0.832. The molecule has 3 heteroatoms. The van der Waals surface area contributed by atoms with Gasteiger partial charge in [0.15, 0.2) is 0 Å². The van der Waals surface area contributed by atoms with Gasteiger partial charge in [-0.05, 0) is 68.6 Å². The summed E-state index contributed by atoms with van der Waals surface area (Å²) >= 11 is 1.78. The molecule has 1 fully saturated rings. The first-order chi connectivity index (χ1) is 8.16. The third-order valence-corrected chi connectivity index (χ3v) is 4.50. The summed E-state index contributed by atoms with van der Waals surface area (Å²) in [4.78, 5) is 2.58. The van der Waals surface area contributed by atoms with Gasteiger partial charge in [0, 0.05) is 18.6 Å². The van der Waals surface area contributed by atoms with Crippen molar-refractivity contribution in [3.8, 4) is 0 Å². The second kappa shape index (κ2) is 5.98. The van der Waals surface area contributed by atoms with Crippen LogP contribution in [-0.4, -0.2) is 30.6 Å². The molecule has 2 unspecified atom stereocenters. The van der Waals surface area contributed by atoms with Crippen LogP contribution in [0.4, 0.5) is 0 Å². The average Bonchev–Trinajstić information content (AvgIpc) is 2.97. The lowest BCUT2D eigenvalue weighted by Crippen LogP contribution is -2.31. The molecule has 0 radical (unpaired) electrons. The SMILES string of the molecule is CC(NCC1CCN(C(C)C)C1)c1ccsc1. The highest BCUT2D eigenvalue weighted by atomic mass is 32.1. The van der Waals surface area contributed by atoms with Crippen molar-refractivity contribution >= 4 is 11.3 Å². The zero-order valence-electron chi connectivity index (χ0n) is 11.1. The molecule has 0 saturated carbocycles. The summed E-state index contributed by atoms with van der Waals surface area (Å²) in [7, 11) is 0. The Labute approximate surface area is 109 Å². The number of nitrogens with one attached hydrogen (secondary N) is 1. The van der Waals surface area contributed by atoms with E-state index in [0.717, 1.165) is 12.5 Å². The molecule has 0 amide bonds. The van der Waals surface area contributed by atoms with Gasteiger partial charge in [-0.15, -0.1) is 0 Å². The minimum atomic E-state index is 0.495. The molecule has 96 valence electrons. The lowest BCUT2D eigenvalue weighted by atomic mass is 10.1. The average molecular weight is 252 g/mol. The summed E-state index contributed by atoms with van der Waals surface area (Å²) in [5.41, 5.74) is 1.42. The van der Waals surface area contributed by atoms with E-state index < -0.39 is 0 Å². The smallest absolute Gasteiger partial charge is 0.0300 e. The Morgan fingerprint density at radius 3 is 2.88 bits per heavy atom. The van der Waals surface area contributed by atoms with E-state index >= 15 is 0 Å². The Kier molecular flexibility index (Phi) is 4.60. The minimum Gasteiger partial charge on any atom is -0.310 e. The zero-order chi connectivity index (χ0) is 12.3. The predicted octanol–water partition coefficient (Wildman–Crippen LogP) is 3.13. The monoisotopic (exact) mass is 252 g/mol. The Balaban J connectivity index is 1.73. The Bertz CT molecular complexity index is 321. The summed E-state index contributed by atoms with van der Waals surface area (Å²) < 4.78 is 0. The van der Waals surface area contributed by atoms with Crippen molar-refractivity contribution in [1.29, 1.82) is 0 Å². The van der Waals surface area contributed by atoms with Crippen LogP contribution in [0.25, 0.3) is 0 Å². The van der Waals surface area contributed by atoms with Gasteiger partial charge in [-0.1, -0.05) is 0 Å². The molecule has 17 heavy (non-hydrogen) atoms. The van der Waals surface area contributed by atoms with E-state index in [4.69, 9.17) is 0 Å². The second-order valence-electron chi connectivity index (χ2n) is 5.43. The van der Waals surface area contributed by atoms with Crippen LogP contribution < -0.4 is 5.32 Å². The van der Waals surface area contributed by atoms with Crippen LogP contribution in [0, 0.1) is 5.92 Å². The van der Waals surface area contributed by atoms with Crippen LogP contribution in [-0.2, 0) is 0 Å². The van der Waals surface area contributed by atoms with Crippen molar-refractivity contribution in [3.63, 3.8) is 0 Å². The summed E-state index contributed by atoms with van der Waals surface area (Å²) in [6, 6.07) is 3.42. The predicted molar refractivity (Wildman–Crippen MR) is 75.6 cm³/mol. The topological polar surface area (TPSA) is 15.3 Å².